The molecule has 0 spiro atoms. The van der Waals surface area contributed by atoms with Crippen molar-refractivity contribution in [3.63, 3.8) is 0 Å². The lowest BCUT2D eigenvalue weighted by molar-refractivity contribution is 0.0948. The Morgan fingerprint density at radius 2 is 2.14 bits per heavy atom. The minimum atomic E-state index is -0.984. The van der Waals surface area contributed by atoms with E-state index in [0.717, 1.165) is 5.69 Å². The van der Waals surface area contributed by atoms with Gasteiger partial charge in [0.2, 0.25) is 0 Å². The van der Waals surface area contributed by atoms with Gasteiger partial charge in [0.1, 0.15) is 11.5 Å². The molecule has 0 aliphatic heterocycles. The summed E-state index contributed by atoms with van der Waals surface area (Å²) in [6.07, 6.45) is 4.15. The number of halogens is 1. The molecule has 1 unspecified atom stereocenters. The minimum absolute atomic E-state index is 0.0484. The van der Waals surface area contributed by atoms with Crippen LogP contribution in [0.25, 0.3) is 16.9 Å². The lowest BCUT2D eigenvalue weighted by Crippen LogP contribution is -2.16. The predicted octanol–water partition coefficient (Wildman–Crippen LogP) is 1.74. The summed E-state index contributed by atoms with van der Waals surface area (Å²) in [5.74, 6) is -0.448. The van der Waals surface area contributed by atoms with Crippen LogP contribution in [0.3, 0.4) is 0 Å². The summed E-state index contributed by atoms with van der Waals surface area (Å²) in [4.78, 5) is 8.54. The SMILES string of the molecule is Cc1cnc2c(-c3cccc(CC(O)CO)c3F)nccn12. The molecule has 114 valence electrons. The number of aliphatic hydroxyl groups excluding tert-OH is 2. The van der Waals surface area contributed by atoms with Gasteiger partial charge in [-0.25, -0.2) is 9.37 Å². The summed E-state index contributed by atoms with van der Waals surface area (Å²) in [5.41, 5.74) is 2.64. The van der Waals surface area contributed by atoms with Gasteiger partial charge < -0.3 is 14.6 Å². The molecule has 3 aromatic rings. The molecule has 2 aromatic heterocycles. The second kappa shape index (κ2) is 5.82. The molecule has 0 aliphatic carbocycles. The Balaban J connectivity index is 2.13. The quantitative estimate of drug-likeness (QED) is 0.770. The second-order valence-electron chi connectivity index (χ2n) is 5.19. The van der Waals surface area contributed by atoms with Crippen molar-refractivity contribution < 1.29 is 14.6 Å². The van der Waals surface area contributed by atoms with Crippen molar-refractivity contribution >= 4 is 5.65 Å². The van der Waals surface area contributed by atoms with Crippen LogP contribution in [0.4, 0.5) is 4.39 Å². The van der Waals surface area contributed by atoms with Crippen molar-refractivity contribution in [1.29, 1.82) is 0 Å². The zero-order chi connectivity index (χ0) is 15.7. The number of aromatic nitrogens is 3. The van der Waals surface area contributed by atoms with Crippen molar-refractivity contribution in [3.8, 4) is 11.3 Å². The average Bonchev–Trinajstić information content (AvgIpc) is 2.91. The van der Waals surface area contributed by atoms with E-state index in [9.17, 15) is 9.50 Å². The highest BCUT2D eigenvalue weighted by atomic mass is 19.1. The van der Waals surface area contributed by atoms with Gasteiger partial charge in [-0.05, 0) is 18.6 Å². The Morgan fingerprint density at radius 1 is 1.32 bits per heavy atom. The molecule has 0 radical (unpaired) electrons. The Hall–Kier alpha value is -2.31. The van der Waals surface area contributed by atoms with E-state index in [1.165, 1.54) is 0 Å². The molecule has 2 N–H and O–H groups in total. The number of aryl methyl sites for hydroxylation is 1. The van der Waals surface area contributed by atoms with Gasteiger partial charge >= 0.3 is 0 Å². The normalized spacial score (nSPS) is 12.7. The van der Waals surface area contributed by atoms with Crippen LogP contribution < -0.4 is 0 Å². The van der Waals surface area contributed by atoms with E-state index in [0.29, 0.717) is 22.5 Å². The summed E-state index contributed by atoms with van der Waals surface area (Å²) < 4.78 is 16.6. The van der Waals surface area contributed by atoms with Gasteiger partial charge in [0.05, 0.1) is 12.7 Å². The third-order valence-electron chi connectivity index (χ3n) is 3.61. The molecule has 0 saturated carbocycles. The molecule has 1 atom stereocenters. The highest BCUT2D eigenvalue weighted by Crippen LogP contribution is 2.27. The molecular formula is C16H16FN3O2. The van der Waals surface area contributed by atoms with Crippen molar-refractivity contribution in [3.05, 3.63) is 53.9 Å². The van der Waals surface area contributed by atoms with Crippen molar-refractivity contribution in [2.24, 2.45) is 0 Å². The van der Waals surface area contributed by atoms with Crippen LogP contribution in [0.1, 0.15) is 11.3 Å². The maximum Gasteiger partial charge on any atom is 0.163 e. The van der Waals surface area contributed by atoms with Gasteiger partial charge in [0.25, 0.3) is 0 Å². The van der Waals surface area contributed by atoms with Gasteiger partial charge in [0.15, 0.2) is 5.65 Å². The molecular weight excluding hydrogens is 285 g/mol. The largest absolute Gasteiger partial charge is 0.394 e. The standard InChI is InChI=1S/C16H16FN3O2/c1-10-8-19-16-15(18-5-6-20(10)16)13-4-2-3-11(14(13)17)7-12(22)9-21/h2-6,8,12,21-22H,7,9H2,1H3. The number of hydrogen-bond donors (Lipinski definition) is 2. The Bertz CT molecular complexity index is 816. The predicted molar refractivity (Wildman–Crippen MR) is 79.9 cm³/mol. The number of hydrogen-bond acceptors (Lipinski definition) is 4. The zero-order valence-electron chi connectivity index (χ0n) is 12.1. The summed E-state index contributed by atoms with van der Waals surface area (Å²) in [6.45, 7) is 1.51. The van der Waals surface area contributed by atoms with Gasteiger partial charge in [-0.3, -0.25) is 4.98 Å². The van der Waals surface area contributed by atoms with Crippen LogP contribution in [0, 0.1) is 12.7 Å². The Kier molecular flexibility index (Phi) is 3.87. The molecule has 1 aromatic carbocycles. The summed E-state index contributed by atoms with van der Waals surface area (Å²) in [7, 11) is 0. The number of aliphatic hydroxyl groups is 2. The van der Waals surface area contributed by atoms with E-state index in [2.05, 4.69) is 9.97 Å². The van der Waals surface area contributed by atoms with Crippen LogP contribution in [0.5, 0.6) is 0 Å². The Labute approximate surface area is 126 Å². The Morgan fingerprint density at radius 3 is 2.91 bits per heavy atom. The fraction of sp³-hybridized carbons (Fsp3) is 0.250. The van der Waals surface area contributed by atoms with Crippen molar-refractivity contribution in [2.45, 2.75) is 19.4 Å². The molecule has 0 amide bonds. The number of nitrogens with zero attached hydrogens (tertiary/aromatic N) is 3. The summed E-state index contributed by atoms with van der Waals surface area (Å²) in [6, 6.07) is 4.93. The highest BCUT2D eigenvalue weighted by Gasteiger charge is 2.17. The van der Waals surface area contributed by atoms with Gasteiger partial charge in [-0.1, -0.05) is 12.1 Å². The zero-order valence-corrected chi connectivity index (χ0v) is 12.1. The van der Waals surface area contributed by atoms with Crippen LogP contribution in [-0.2, 0) is 6.42 Å². The lowest BCUT2D eigenvalue weighted by atomic mass is 10.0. The fourth-order valence-corrected chi connectivity index (χ4v) is 2.47. The van der Waals surface area contributed by atoms with E-state index < -0.39 is 18.5 Å². The van der Waals surface area contributed by atoms with Crippen LogP contribution >= 0.6 is 0 Å². The van der Waals surface area contributed by atoms with Crippen LogP contribution in [0.2, 0.25) is 0 Å². The van der Waals surface area contributed by atoms with E-state index in [-0.39, 0.29) is 6.42 Å². The van der Waals surface area contributed by atoms with Gasteiger partial charge in [-0.15, -0.1) is 0 Å². The molecule has 2 heterocycles. The van der Waals surface area contributed by atoms with Gasteiger partial charge in [0, 0.05) is 36.3 Å². The van der Waals surface area contributed by atoms with Crippen LogP contribution in [-0.4, -0.2) is 37.3 Å². The van der Waals surface area contributed by atoms with E-state index in [1.807, 2.05) is 11.3 Å². The number of fused-ring (bicyclic) bond motifs is 1. The van der Waals surface area contributed by atoms with Gasteiger partial charge in [-0.2, -0.15) is 0 Å². The maximum atomic E-state index is 14.7. The van der Waals surface area contributed by atoms with E-state index in [4.69, 9.17) is 5.11 Å². The first-order chi connectivity index (χ1) is 10.6. The molecule has 0 fully saturated rings. The topological polar surface area (TPSA) is 70.7 Å². The lowest BCUT2D eigenvalue weighted by Gasteiger charge is -2.11. The average molecular weight is 301 g/mol. The first-order valence-electron chi connectivity index (χ1n) is 6.97. The fourth-order valence-electron chi connectivity index (χ4n) is 2.47. The van der Waals surface area contributed by atoms with E-state index in [1.54, 1.807) is 36.8 Å². The van der Waals surface area contributed by atoms with Crippen molar-refractivity contribution in [2.75, 3.05) is 6.61 Å². The molecule has 0 bridgehead atoms. The highest BCUT2D eigenvalue weighted by molar-refractivity contribution is 5.74. The molecule has 0 saturated heterocycles. The molecule has 3 rings (SSSR count). The first kappa shape index (κ1) is 14.6. The number of rotatable bonds is 4. The number of imidazole rings is 1. The summed E-state index contributed by atoms with van der Waals surface area (Å²) in [5, 5.41) is 18.4. The first-order valence-corrected chi connectivity index (χ1v) is 6.97. The third kappa shape index (κ3) is 2.47. The third-order valence-corrected chi connectivity index (χ3v) is 3.61. The summed E-state index contributed by atoms with van der Waals surface area (Å²) >= 11 is 0. The molecule has 6 heteroatoms. The number of benzene rings is 1. The monoisotopic (exact) mass is 301 g/mol. The minimum Gasteiger partial charge on any atom is -0.394 e. The van der Waals surface area contributed by atoms with Crippen LogP contribution in [0.15, 0.2) is 36.8 Å². The molecule has 22 heavy (non-hydrogen) atoms. The smallest absolute Gasteiger partial charge is 0.163 e. The van der Waals surface area contributed by atoms with Crippen molar-refractivity contribution in [1.82, 2.24) is 14.4 Å². The molecule has 0 aliphatic rings. The maximum absolute atomic E-state index is 14.7. The molecule has 5 nitrogen and oxygen atoms in total. The second-order valence-corrected chi connectivity index (χ2v) is 5.19. The van der Waals surface area contributed by atoms with E-state index >= 15 is 0 Å².